The van der Waals surface area contributed by atoms with E-state index in [0.717, 1.165) is 36.1 Å². The molecule has 0 saturated carbocycles. The largest absolute Gasteiger partial charge is 0.314 e. The van der Waals surface area contributed by atoms with Crippen molar-refractivity contribution >= 4 is 21.6 Å². The van der Waals surface area contributed by atoms with Gasteiger partial charge in [-0.2, -0.15) is 0 Å². The van der Waals surface area contributed by atoms with Gasteiger partial charge in [0.05, 0.1) is 4.92 Å². The molecule has 5 nitrogen and oxygen atoms in total. The lowest BCUT2D eigenvalue weighted by molar-refractivity contribution is -0.385. The van der Waals surface area contributed by atoms with Crippen molar-refractivity contribution in [1.82, 2.24) is 10.2 Å². The van der Waals surface area contributed by atoms with Crippen molar-refractivity contribution in [1.29, 1.82) is 0 Å². The highest BCUT2D eigenvalue weighted by atomic mass is 79.9. The van der Waals surface area contributed by atoms with Gasteiger partial charge in [0.25, 0.3) is 5.69 Å². The fraction of sp³-hybridized carbons (Fsp3) is 0.538. The zero-order chi connectivity index (χ0) is 13.8. The van der Waals surface area contributed by atoms with Gasteiger partial charge in [-0.25, -0.2) is 0 Å². The minimum Gasteiger partial charge on any atom is -0.314 e. The van der Waals surface area contributed by atoms with Crippen LogP contribution in [0.5, 0.6) is 0 Å². The molecule has 1 aliphatic rings. The molecule has 1 fully saturated rings. The summed E-state index contributed by atoms with van der Waals surface area (Å²) >= 11 is 3.29. The number of halogens is 1. The second-order valence-electron chi connectivity index (χ2n) is 4.81. The van der Waals surface area contributed by atoms with Gasteiger partial charge < -0.3 is 5.32 Å². The maximum atomic E-state index is 11.1. The molecular weight excluding hydrogens is 310 g/mol. The molecule has 1 aliphatic heterocycles. The second kappa shape index (κ2) is 6.45. The lowest BCUT2D eigenvalue weighted by atomic mass is 10.1. The molecule has 0 spiro atoms. The van der Waals surface area contributed by atoms with Gasteiger partial charge in [0.15, 0.2) is 0 Å². The highest BCUT2D eigenvalue weighted by Gasteiger charge is 2.26. The Bertz CT molecular complexity index is 463. The molecule has 0 aliphatic carbocycles. The lowest BCUT2D eigenvalue weighted by Gasteiger charge is -2.38. The van der Waals surface area contributed by atoms with Gasteiger partial charge in [-0.05, 0) is 25.1 Å². The SMILES string of the molecule is CCCN(Cc1ccc(Br)cc1[N+](=O)[O-])C1CNC1. The Labute approximate surface area is 121 Å². The molecule has 0 aromatic heterocycles. The molecule has 104 valence electrons. The third-order valence-electron chi connectivity index (χ3n) is 3.40. The monoisotopic (exact) mass is 327 g/mol. The first kappa shape index (κ1) is 14.4. The number of nitrogens with zero attached hydrogens (tertiary/aromatic N) is 2. The van der Waals surface area contributed by atoms with Gasteiger partial charge in [-0.15, -0.1) is 0 Å². The summed E-state index contributed by atoms with van der Waals surface area (Å²) in [5.41, 5.74) is 0.983. The molecule has 0 amide bonds. The number of hydrogen-bond acceptors (Lipinski definition) is 4. The van der Waals surface area contributed by atoms with Crippen molar-refractivity contribution in [2.75, 3.05) is 19.6 Å². The normalized spacial score (nSPS) is 15.5. The summed E-state index contributed by atoms with van der Waals surface area (Å²) in [4.78, 5) is 13.1. The zero-order valence-corrected chi connectivity index (χ0v) is 12.5. The molecule has 19 heavy (non-hydrogen) atoms. The zero-order valence-electron chi connectivity index (χ0n) is 10.9. The van der Waals surface area contributed by atoms with Gasteiger partial charge in [-0.3, -0.25) is 15.0 Å². The van der Waals surface area contributed by atoms with Gasteiger partial charge in [-0.1, -0.05) is 22.9 Å². The lowest BCUT2D eigenvalue weighted by Crippen LogP contribution is -2.57. The molecule has 1 aromatic rings. The van der Waals surface area contributed by atoms with Crippen LogP contribution < -0.4 is 5.32 Å². The van der Waals surface area contributed by atoms with E-state index in [1.165, 1.54) is 0 Å². The fourth-order valence-electron chi connectivity index (χ4n) is 2.27. The first-order chi connectivity index (χ1) is 9.11. The van der Waals surface area contributed by atoms with Crippen molar-refractivity contribution in [2.24, 2.45) is 0 Å². The third kappa shape index (κ3) is 3.52. The molecule has 1 saturated heterocycles. The van der Waals surface area contributed by atoms with E-state index in [1.54, 1.807) is 6.07 Å². The molecule has 0 radical (unpaired) electrons. The Kier molecular flexibility index (Phi) is 4.90. The molecule has 1 aromatic carbocycles. The molecule has 1 N–H and O–H groups in total. The van der Waals surface area contributed by atoms with Gasteiger partial charge in [0.2, 0.25) is 0 Å². The van der Waals surface area contributed by atoms with Crippen LogP contribution in [-0.2, 0) is 6.54 Å². The summed E-state index contributed by atoms with van der Waals surface area (Å²) in [6.45, 7) is 5.70. The topological polar surface area (TPSA) is 58.4 Å². The van der Waals surface area contributed by atoms with Crippen molar-refractivity contribution < 1.29 is 4.92 Å². The Morgan fingerprint density at radius 1 is 1.53 bits per heavy atom. The van der Waals surface area contributed by atoms with E-state index in [2.05, 4.69) is 33.1 Å². The number of nitro groups is 1. The van der Waals surface area contributed by atoms with E-state index in [9.17, 15) is 10.1 Å². The van der Waals surface area contributed by atoms with Crippen LogP contribution in [0, 0.1) is 10.1 Å². The standard InChI is InChI=1S/C13H18BrN3O2/c1-2-5-16(12-7-15-8-12)9-10-3-4-11(14)6-13(10)17(18)19/h3-4,6,12,15H,2,5,7-9H2,1H3. The van der Waals surface area contributed by atoms with Crippen LogP contribution in [0.4, 0.5) is 5.69 Å². The van der Waals surface area contributed by atoms with Crippen molar-refractivity contribution in [3.63, 3.8) is 0 Å². The molecule has 0 unspecified atom stereocenters. The first-order valence-corrected chi connectivity index (χ1v) is 7.28. The summed E-state index contributed by atoms with van der Waals surface area (Å²) in [6.07, 6.45) is 1.06. The predicted molar refractivity (Wildman–Crippen MR) is 78.2 cm³/mol. The van der Waals surface area contributed by atoms with E-state index >= 15 is 0 Å². The Hall–Kier alpha value is -0.980. The summed E-state index contributed by atoms with van der Waals surface area (Å²) in [5, 5.41) is 14.4. The molecule has 6 heteroatoms. The predicted octanol–water partition coefficient (Wildman–Crippen LogP) is 2.54. The quantitative estimate of drug-likeness (QED) is 0.644. The van der Waals surface area contributed by atoms with Gasteiger partial charge >= 0.3 is 0 Å². The van der Waals surface area contributed by atoms with Crippen LogP contribution in [0.1, 0.15) is 18.9 Å². The minimum absolute atomic E-state index is 0.197. The number of rotatable bonds is 6. The van der Waals surface area contributed by atoms with E-state index in [4.69, 9.17) is 0 Å². The maximum absolute atomic E-state index is 11.1. The molecule has 1 heterocycles. The average molecular weight is 328 g/mol. The molecule has 0 atom stereocenters. The van der Waals surface area contributed by atoms with Crippen molar-refractivity contribution in [2.45, 2.75) is 25.9 Å². The van der Waals surface area contributed by atoms with Crippen LogP contribution in [0.25, 0.3) is 0 Å². The molecule has 0 bridgehead atoms. The number of hydrogen-bond donors (Lipinski definition) is 1. The van der Waals surface area contributed by atoms with E-state index in [0.29, 0.717) is 12.6 Å². The Balaban J connectivity index is 2.17. The van der Waals surface area contributed by atoms with Crippen LogP contribution in [0.2, 0.25) is 0 Å². The first-order valence-electron chi connectivity index (χ1n) is 6.49. The summed E-state index contributed by atoms with van der Waals surface area (Å²) < 4.78 is 0.746. The third-order valence-corrected chi connectivity index (χ3v) is 3.90. The Morgan fingerprint density at radius 2 is 2.26 bits per heavy atom. The Morgan fingerprint density at radius 3 is 2.79 bits per heavy atom. The highest BCUT2D eigenvalue weighted by molar-refractivity contribution is 9.10. The van der Waals surface area contributed by atoms with Crippen LogP contribution in [-0.4, -0.2) is 35.5 Å². The van der Waals surface area contributed by atoms with E-state index in [1.807, 2.05) is 12.1 Å². The number of benzene rings is 1. The highest BCUT2D eigenvalue weighted by Crippen LogP contribution is 2.25. The van der Waals surface area contributed by atoms with Gasteiger partial charge in [0.1, 0.15) is 0 Å². The second-order valence-corrected chi connectivity index (χ2v) is 5.73. The summed E-state index contributed by atoms with van der Waals surface area (Å²) in [6, 6.07) is 5.80. The summed E-state index contributed by atoms with van der Waals surface area (Å²) in [7, 11) is 0. The van der Waals surface area contributed by atoms with Crippen LogP contribution in [0.15, 0.2) is 22.7 Å². The van der Waals surface area contributed by atoms with Gasteiger partial charge in [0, 0.05) is 41.8 Å². The number of nitrogens with one attached hydrogen (secondary N) is 1. The maximum Gasteiger partial charge on any atom is 0.275 e. The van der Waals surface area contributed by atoms with Crippen molar-refractivity contribution in [3.05, 3.63) is 38.3 Å². The van der Waals surface area contributed by atoms with E-state index < -0.39 is 0 Å². The van der Waals surface area contributed by atoms with E-state index in [-0.39, 0.29) is 10.6 Å². The minimum atomic E-state index is -0.302. The average Bonchev–Trinajstić information content (AvgIpc) is 2.29. The number of nitro benzene ring substituents is 1. The summed E-state index contributed by atoms with van der Waals surface area (Å²) in [5.74, 6) is 0. The molecular formula is C13H18BrN3O2. The smallest absolute Gasteiger partial charge is 0.275 e. The van der Waals surface area contributed by atoms with Crippen LogP contribution in [0.3, 0.4) is 0 Å². The molecule has 2 rings (SSSR count). The van der Waals surface area contributed by atoms with Crippen molar-refractivity contribution in [3.8, 4) is 0 Å². The fourth-order valence-corrected chi connectivity index (χ4v) is 2.62. The van der Waals surface area contributed by atoms with Crippen LogP contribution >= 0.6 is 15.9 Å².